The van der Waals surface area contributed by atoms with Crippen LogP contribution in [0.1, 0.15) is 6.92 Å². The Kier molecular flexibility index (Phi) is 3.61. The highest BCUT2D eigenvalue weighted by Gasteiger charge is 2.05. The zero-order valence-electron chi connectivity index (χ0n) is 8.31. The minimum Gasteiger partial charge on any atom is -0.437 e. The summed E-state index contributed by atoms with van der Waals surface area (Å²) in [6.07, 6.45) is 1.94. The third-order valence-electron chi connectivity index (χ3n) is 1.40. The van der Waals surface area contributed by atoms with Crippen LogP contribution in [0.5, 0.6) is 5.75 Å². The van der Waals surface area contributed by atoms with Gasteiger partial charge < -0.3 is 14.8 Å². The number of aromatic nitrogens is 1. The zero-order chi connectivity index (χ0) is 11.3. The van der Waals surface area contributed by atoms with Gasteiger partial charge in [0.05, 0.1) is 25.2 Å². The number of rotatable bonds is 2. The monoisotopic (exact) mass is 210 g/mol. The van der Waals surface area contributed by atoms with E-state index in [2.05, 4.69) is 15.0 Å². The molecule has 1 N–H and O–H groups in total. The molecule has 1 amide bonds. The van der Waals surface area contributed by atoms with Crippen molar-refractivity contribution >= 4 is 17.7 Å². The summed E-state index contributed by atoms with van der Waals surface area (Å²) >= 11 is 0. The number of hydrogen-bond donors (Lipinski definition) is 1. The van der Waals surface area contributed by atoms with Crippen LogP contribution in [0.15, 0.2) is 18.5 Å². The number of ether oxygens (including phenoxy) is 2. The highest BCUT2D eigenvalue weighted by atomic mass is 16.7. The van der Waals surface area contributed by atoms with Crippen LogP contribution >= 0.6 is 0 Å². The van der Waals surface area contributed by atoms with Gasteiger partial charge in [0.15, 0.2) is 5.75 Å². The predicted octanol–water partition coefficient (Wildman–Crippen LogP) is 1.19. The Balaban J connectivity index is 2.74. The molecular weight excluding hydrogens is 200 g/mol. The quantitative estimate of drug-likeness (QED) is 0.741. The molecule has 0 saturated carbocycles. The van der Waals surface area contributed by atoms with Crippen LogP contribution in [0.4, 0.5) is 10.5 Å². The number of anilines is 1. The van der Waals surface area contributed by atoms with Crippen LogP contribution in [0.3, 0.4) is 0 Å². The minimum absolute atomic E-state index is 0.202. The molecule has 1 heterocycles. The number of carbonyl (C=O) groups excluding carboxylic acids is 2. The van der Waals surface area contributed by atoms with Crippen molar-refractivity contribution in [3.05, 3.63) is 18.5 Å². The summed E-state index contributed by atoms with van der Waals surface area (Å²) in [5, 5.41) is 2.50. The maximum Gasteiger partial charge on any atom is 0.513 e. The highest BCUT2D eigenvalue weighted by molar-refractivity contribution is 5.88. The second-order valence-electron chi connectivity index (χ2n) is 2.65. The smallest absolute Gasteiger partial charge is 0.437 e. The van der Waals surface area contributed by atoms with Gasteiger partial charge in [-0.15, -0.1) is 0 Å². The molecule has 6 heteroatoms. The first-order chi connectivity index (χ1) is 7.11. The van der Waals surface area contributed by atoms with Gasteiger partial charge in [-0.1, -0.05) is 0 Å². The van der Waals surface area contributed by atoms with Crippen molar-refractivity contribution in [3.8, 4) is 5.75 Å². The Hall–Kier alpha value is -2.11. The van der Waals surface area contributed by atoms with Gasteiger partial charge >= 0.3 is 6.16 Å². The fraction of sp³-hybridized carbons (Fsp3) is 0.222. The first-order valence-electron chi connectivity index (χ1n) is 4.10. The van der Waals surface area contributed by atoms with Crippen LogP contribution in [0.2, 0.25) is 0 Å². The van der Waals surface area contributed by atoms with Crippen LogP contribution in [0, 0.1) is 0 Å². The first kappa shape index (κ1) is 11.0. The van der Waals surface area contributed by atoms with E-state index >= 15 is 0 Å². The van der Waals surface area contributed by atoms with Gasteiger partial charge in [0.1, 0.15) is 0 Å². The molecule has 80 valence electrons. The van der Waals surface area contributed by atoms with Crippen molar-refractivity contribution in [1.82, 2.24) is 4.98 Å². The Bertz CT molecular complexity index is 378. The second-order valence-corrected chi connectivity index (χ2v) is 2.65. The van der Waals surface area contributed by atoms with Gasteiger partial charge in [-0.2, -0.15) is 0 Å². The molecule has 0 saturated heterocycles. The Morgan fingerprint density at radius 2 is 2.13 bits per heavy atom. The molecule has 0 spiro atoms. The average Bonchev–Trinajstić information content (AvgIpc) is 2.17. The van der Waals surface area contributed by atoms with Gasteiger partial charge in [0, 0.05) is 13.0 Å². The lowest BCUT2D eigenvalue weighted by Gasteiger charge is -2.04. The lowest BCUT2D eigenvalue weighted by atomic mass is 10.4. The Morgan fingerprint density at radius 1 is 1.40 bits per heavy atom. The predicted molar refractivity (Wildman–Crippen MR) is 51.6 cm³/mol. The summed E-state index contributed by atoms with van der Waals surface area (Å²) in [7, 11) is 1.20. The van der Waals surface area contributed by atoms with Crippen molar-refractivity contribution < 1.29 is 19.1 Å². The van der Waals surface area contributed by atoms with Crippen LogP contribution in [0.25, 0.3) is 0 Å². The molecule has 1 aromatic heterocycles. The van der Waals surface area contributed by atoms with E-state index in [0.29, 0.717) is 5.69 Å². The van der Waals surface area contributed by atoms with E-state index in [9.17, 15) is 9.59 Å². The molecule has 15 heavy (non-hydrogen) atoms. The summed E-state index contributed by atoms with van der Waals surface area (Å²) < 4.78 is 9.01. The number of pyridine rings is 1. The SMILES string of the molecule is COC(=O)Oc1cncc(NC(C)=O)c1. The fourth-order valence-electron chi connectivity index (χ4n) is 0.884. The topological polar surface area (TPSA) is 77.5 Å². The van der Waals surface area contributed by atoms with Gasteiger partial charge in [-0.3, -0.25) is 9.78 Å². The van der Waals surface area contributed by atoms with E-state index in [0.717, 1.165) is 0 Å². The van der Waals surface area contributed by atoms with Crippen LogP contribution in [-0.4, -0.2) is 24.2 Å². The molecule has 0 unspecified atom stereocenters. The summed E-state index contributed by atoms with van der Waals surface area (Å²) in [5.41, 5.74) is 0.448. The molecule has 0 aliphatic rings. The standard InChI is InChI=1S/C9H10N2O4/c1-6(12)11-7-3-8(5-10-4-7)15-9(13)14-2/h3-5H,1-2H3,(H,11,12). The average molecular weight is 210 g/mol. The number of amides is 1. The third kappa shape index (κ3) is 3.63. The Labute approximate surface area is 86.2 Å². The molecule has 0 bridgehead atoms. The summed E-state index contributed by atoms with van der Waals surface area (Å²) in [6.45, 7) is 1.37. The number of nitrogens with one attached hydrogen (secondary N) is 1. The maximum atomic E-state index is 10.8. The van der Waals surface area contributed by atoms with E-state index < -0.39 is 6.16 Å². The van der Waals surface area contributed by atoms with Crippen molar-refractivity contribution in [2.24, 2.45) is 0 Å². The zero-order valence-corrected chi connectivity index (χ0v) is 8.31. The van der Waals surface area contributed by atoms with E-state index in [1.807, 2.05) is 0 Å². The second kappa shape index (κ2) is 4.94. The molecule has 1 rings (SSSR count). The largest absolute Gasteiger partial charge is 0.513 e. The number of hydrogen-bond acceptors (Lipinski definition) is 5. The van der Waals surface area contributed by atoms with Crippen molar-refractivity contribution in [2.45, 2.75) is 6.92 Å². The van der Waals surface area contributed by atoms with Gasteiger partial charge in [-0.05, 0) is 0 Å². The molecule has 6 nitrogen and oxygen atoms in total. The lowest BCUT2D eigenvalue weighted by Crippen LogP contribution is -2.09. The van der Waals surface area contributed by atoms with E-state index in [4.69, 9.17) is 4.74 Å². The van der Waals surface area contributed by atoms with E-state index in [1.54, 1.807) is 0 Å². The summed E-state index contributed by atoms with van der Waals surface area (Å²) in [6, 6.07) is 1.46. The Morgan fingerprint density at radius 3 is 2.73 bits per heavy atom. The highest BCUT2D eigenvalue weighted by Crippen LogP contribution is 2.15. The minimum atomic E-state index is -0.836. The molecule has 0 aliphatic heterocycles. The molecule has 1 aromatic rings. The summed E-state index contributed by atoms with van der Waals surface area (Å²) in [5.74, 6) is -0.0277. The van der Waals surface area contributed by atoms with Crippen molar-refractivity contribution in [3.63, 3.8) is 0 Å². The normalized spacial score (nSPS) is 9.20. The van der Waals surface area contributed by atoms with Crippen LogP contribution in [-0.2, 0) is 9.53 Å². The summed E-state index contributed by atoms with van der Waals surface area (Å²) in [4.78, 5) is 25.3. The fourth-order valence-corrected chi connectivity index (χ4v) is 0.884. The molecule has 0 atom stereocenters. The lowest BCUT2D eigenvalue weighted by molar-refractivity contribution is -0.114. The maximum absolute atomic E-state index is 10.8. The molecule has 0 aliphatic carbocycles. The van der Waals surface area contributed by atoms with E-state index in [1.165, 1.54) is 32.5 Å². The third-order valence-corrected chi connectivity index (χ3v) is 1.40. The van der Waals surface area contributed by atoms with Gasteiger partial charge in [0.25, 0.3) is 0 Å². The number of methoxy groups -OCH3 is 1. The molecule has 0 fully saturated rings. The van der Waals surface area contributed by atoms with E-state index in [-0.39, 0.29) is 11.7 Å². The van der Waals surface area contributed by atoms with Gasteiger partial charge in [0.2, 0.25) is 5.91 Å². The van der Waals surface area contributed by atoms with Crippen LogP contribution < -0.4 is 10.1 Å². The number of nitrogens with zero attached hydrogens (tertiary/aromatic N) is 1. The first-order valence-corrected chi connectivity index (χ1v) is 4.10. The van der Waals surface area contributed by atoms with Crippen molar-refractivity contribution in [1.29, 1.82) is 0 Å². The molecular formula is C9H10N2O4. The molecule has 0 aromatic carbocycles. The van der Waals surface area contributed by atoms with Crippen molar-refractivity contribution in [2.75, 3.05) is 12.4 Å². The number of carbonyl (C=O) groups is 2. The molecule has 0 radical (unpaired) electrons. The van der Waals surface area contributed by atoms with Gasteiger partial charge in [-0.25, -0.2) is 4.79 Å².